The largest absolute Gasteiger partial charge is 0.516 e. The molecule has 0 unspecified atom stereocenters. The molecule has 0 spiro atoms. The van der Waals surface area contributed by atoms with E-state index in [4.69, 9.17) is 0 Å². The molecule has 0 saturated heterocycles. The predicted octanol–water partition coefficient (Wildman–Crippen LogP) is 2.54. The number of halogens is 1. The third kappa shape index (κ3) is 3.41. The lowest BCUT2D eigenvalue weighted by atomic mass is 10.1. The van der Waals surface area contributed by atoms with E-state index in [1.54, 1.807) is 6.92 Å². The molecule has 0 atom stereocenters. The topological polar surface area (TPSA) is 52.6 Å². The quantitative estimate of drug-likeness (QED) is 0.451. The molecule has 1 aromatic rings. The van der Waals surface area contributed by atoms with Crippen LogP contribution in [0.5, 0.6) is 0 Å². The Bertz CT molecular complexity index is 448. The molecule has 0 bridgehead atoms. The van der Waals surface area contributed by atoms with E-state index in [1.165, 1.54) is 30.3 Å². The number of carbonyl (C=O) groups excluding carboxylic acids is 2. The van der Waals surface area contributed by atoms with Crippen molar-refractivity contribution in [3.63, 3.8) is 0 Å². The van der Waals surface area contributed by atoms with Crippen molar-refractivity contribution >= 4 is 17.7 Å². The molecule has 0 fully saturated rings. The molecule has 1 rings (SSSR count). The second-order valence-electron chi connectivity index (χ2n) is 3.05. The average molecular weight is 238 g/mol. The third-order valence-corrected chi connectivity index (χ3v) is 2.01. The summed E-state index contributed by atoms with van der Waals surface area (Å²) in [5, 5.41) is 0. The summed E-state index contributed by atoms with van der Waals surface area (Å²) < 4.78 is 21.3. The van der Waals surface area contributed by atoms with E-state index in [0.717, 1.165) is 7.11 Å². The maximum absolute atomic E-state index is 12.7. The Morgan fingerprint density at radius 1 is 1.24 bits per heavy atom. The number of benzene rings is 1. The number of carbonyl (C=O) groups is 2. The van der Waals surface area contributed by atoms with E-state index in [9.17, 15) is 14.0 Å². The van der Waals surface area contributed by atoms with Crippen LogP contribution in [0.25, 0.3) is 5.57 Å². The van der Waals surface area contributed by atoms with Gasteiger partial charge in [0.25, 0.3) is 0 Å². The Hall–Kier alpha value is -2.17. The first-order chi connectivity index (χ1) is 8.08. The molecular formula is C12H11FO4. The van der Waals surface area contributed by atoms with Crippen molar-refractivity contribution in [2.75, 3.05) is 7.11 Å². The van der Waals surface area contributed by atoms with Gasteiger partial charge in [0, 0.05) is 0 Å². The summed E-state index contributed by atoms with van der Waals surface area (Å²) in [4.78, 5) is 22.3. The fourth-order valence-corrected chi connectivity index (χ4v) is 1.20. The number of hydrogen-bond donors (Lipinski definition) is 0. The summed E-state index contributed by atoms with van der Waals surface area (Å²) >= 11 is 0. The molecule has 0 aliphatic carbocycles. The Balaban J connectivity index is 2.89. The highest BCUT2D eigenvalue weighted by Gasteiger charge is 2.16. The van der Waals surface area contributed by atoms with Gasteiger partial charge in [0.2, 0.25) is 0 Å². The summed E-state index contributed by atoms with van der Waals surface area (Å²) in [6, 6.07) is 5.26. The van der Waals surface area contributed by atoms with Crippen LogP contribution in [-0.2, 0) is 14.3 Å². The molecule has 0 aliphatic heterocycles. The SMILES string of the molecule is CC=C(C(=O)OC(=O)OC)c1ccc(F)cc1. The van der Waals surface area contributed by atoms with Gasteiger partial charge in [-0.1, -0.05) is 18.2 Å². The van der Waals surface area contributed by atoms with E-state index >= 15 is 0 Å². The van der Waals surface area contributed by atoms with Crippen molar-refractivity contribution < 1.29 is 23.5 Å². The molecule has 17 heavy (non-hydrogen) atoms. The van der Waals surface area contributed by atoms with E-state index in [-0.39, 0.29) is 5.57 Å². The van der Waals surface area contributed by atoms with Gasteiger partial charge in [-0.05, 0) is 24.6 Å². The minimum Gasteiger partial charge on any atom is -0.437 e. The van der Waals surface area contributed by atoms with Gasteiger partial charge in [-0.25, -0.2) is 14.0 Å². The molecule has 0 saturated carbocycles. The summed E-state index contributed by atoms with van der Waals surface area (Å²) in [7, 11) is 1.10. The minimum absolute atomic E-state index is 0.162. The molecule has 0 N–H and O–H groups in total. The zero-order chi connectivity index (χ0) is 12.8. The third-order valence-electron chi connectivity index (χ3n) is 2.01. The Morgan fingerprint density at radius 3 is 2.29 bits per heavy atom. The summed E-state index contributed by atoms with van der Waals surface area (Å²) in [6.45, 7) is 1.61. The van der Waals surface area contributed by atoms with Crippen LogP contribution in [-0.4, -0.2) is 19.2 Å². The zero-order valence-electron chi connectivity index (χ0n) is 9.40. The van der Waals surface area contributed by atoms with Gasteiger partial charge in [0.05, 0.1) is 12.7 Å². The van der Waals surface area contributed by atoms with E-state index in [2.05, 4.69) is 9.47 Å². The van der Waals surface area contributed by atoms with Crippen molar-refractivity contribution in [3.05, 3.63) is 41.7 Å². The monoisotopic (exact) mass is 238 g/mol. The maximum Gasteiger partial charge on any atom is 0.516 e. The molecule has 5 heteroatoms. The highest BCUT2D eigenvalue weighted by molar-refractivity contribution is 6.18. The van der Waals surface area contributed by atoms with E-state index in [0.29, 0.717) is 5.56 Å². The van der Waals surface area contributed by atoms with Crippen molar-refractivity contribution in [3.8, 4) is 0 Å². The Kier molecular flexibility index (Phi) is 4.39. The van der Waals surface area contributed by atoms with Crippen molar-refractivity contribution in [2.24, 2.45) is 0 Å². The number of ether oxygens (including phenoxy) is 2. The van der Waals surface area contributed by atoms with Crippen LogP contribution in [0.15, 0.2) is 30.3 Å². The standard InChI is InChI=1S/C12H11FO4/c1-3-10(11(14)17-12(15)16-2)8-4-6-9(13)7-5-8/h3-7H,1-2H3. The van der Waals surface area contributed by atoms with Crippen LogP contribution in [0.2, 0.25) is 0 Å². The van der Waals surface area contributed by atoms with Gasteiger partial charge >= 0.3 is 12.1 Å². The van der Waals surface area contributed by atoms with Crippen LogP contribution in [0.1, 0.15) is 12.5 Å². The van der Waals surface area contributed by atoms with Crippen molar-refractivity contribution in [1.82, 2.24) is 0 Å². The average Bonchev–Trinajstić information content (AvgIpc) is 2.32. The van der Waals surface area contributed by atoms with Crippen molar-refractivity contribution in [2.45, 2.75) is 6.92 Å². The molecule has 0 heterocycles. The van der Waals surface area contributed by atoms with E-state index in [1.807, 2.05) is 0 Å². The lowest BCUT2D eigenvalue weighted by molar-refractivity contribution is -0.132. The first kappa shape index (κ1) is 12.9. The molecule has 0 aliphatic rings. The minimum atomic E-state index is -1.09. The van der Waals surface area contributed by atoms with Crippen LogP contribution >= 0.6 is 0 Å². The maximum atomic E-state index is 12.7. The van der Waals surface area contributed by atoms with Gasteiger partial charge < -0.3 is 9.47 Å². The molecule has 0 aromatic heterocycles. The molecule has 4 nitrogen and oxygen atoms in total. The summed E-state index contributed by atoms with van der Waals surface area (Å²) in [6.07, 6.45) is 0.384. The molecular weight excluding hydrogens is 227 g/mol. The number of esters is 1. The first-order valence-corrected chi connectivity index (χ1v) is 4.81. The Morgan fingerprint density at radius 2 is 1.82 bits per heavy atom. The smallest absolute Gasteiger partial charge is 0.437 e. The van der Waals surface area contributed by atoms with Gasteiger partial charge in [-0.3, -0.25) is 0 Å². The van der Waals surface area contributed by atoms with Crippen LogP contribution < -0.4 is 0 Å². The van der Waals surface area contributed by atoms with Crippen LogP contribution in [0.4, 0.5) is 9.18 Å². The van der Waals surface area contributed by atoms with Gasteiger partial charge in [0.1, 0.15) is 5.82 Å². The van der Waals surface area contributed by atoms with Crippen molar-refractivity contribution in [1.29, 1.82) is 0 Å². The number of hydrogen-bond acceptors (Lipinski definition) is 4. The Labute approximate surface area is 97.6 Å². The van der Waals surface area contributed by atoms with Gasteiger partial charge in [-0.2, -0.15) is 0 Å². The fourth-order valence-electron chi connectivity index (χ4n) is 1.20. The highest BCUT2D eigenvalue weighted by Crippen LogP contribution is 2.16. The first-order valence-electron chi connectivity index (χ1n) is 4.81. The second-order valence-corrected chi connectivity index (χ2v) is 3.05. The number of methoxy groups -OCH3 is 1. The summed E-state index contributed by atoms with van der Waals surface area (Å²) in [5.41, 5.74) is 0.623. The predicted molar refractivity (Wildman–Crippen MR) is 58.5 cm³/mol. The van der Waals surface area contributed by atoms with Gasteiger partial charge in [-0.15, -0.1) is 0 Å². The normalized spacial score (nSPS) is 10.9. The zero-order valence-corrected chi connectivity index (χ0v) is 9.40. The van der Waals surface area contributed by atoms with Crippen LogP contribution in [0.3, 0.4) is 0 Å². The molecule has 0 amide bonds. The fraction of sp³-hybridized carbons (Fsp3) is 0.167. The molecule has 0 radical (unpaired) electrons. The van der Waals surface area contributed by atoms with E-state index < -0.39 is 17.9 Å². The molecule has 90 valence electrons. The van der Waals surface area contributed by atoms with Crippen LogP contribution in [0, 0.1) is 5.82 Å². The second kappa shape index (κ2) is 5.79. The lowest BCUT2D eigenvalue weighted by Crippen LogP contribution is -2.13. The number of allylic oxidation sites excluding steroid dienone is 1. The van der Waals surface area contributed by atoms with Gasteiger partial charge in [0.15, 0.2) is 0 Å². The summed E-state index contributed by atoms with van der Waals surface area (Å²) in [5.74, 6) is -1.25. The number of rotatable bonds is 2. The highest BCUT2D eigenvalue weighted by atomic mass is 19.1. The molecule has 1 aromatic carbocycles. The lowest BCUT2D eigenvalue weighted by Gasteiger charge is -2.05.